The maximum atomic E-state index is 11.5. The second-order valence-electron chi connectivity index (χ2n) is 6.64. The van der Waals surface area contributed by atoms with Crippen LogP contribution in [0, 0.1) is 0 Å². The molecule has 2 bridgehead atoms. The average molecular weight is 399 g/mol. The molecule has 0 amide bonds. The lowest BCUT2D eigenvalue weighted by atomic mass is 9.97. The van der Waals surface area contributed by atoms with Gasteiger partial charge < -0.3 is 43.6 Å². The summed E-state index contributed by atoms with van der Waals surface area (Å²) in [6.45, 7) is 1.07. The molecule has 152 valence electrons. The zero-order valence-corrected chi connectivity index (χ0v) is 15.0. The number of hydrogen-bond donors (Lipinski definition) is 3. The topological polar surface area (TPSA) is 164 Å². The Hall–Kier alpha value is -0.410. The second kappa shape index (κ2) is 7.54. The van der Waals surface area contributed by atoms with Crippen molar-refractivity contribution in [3.63, 3.8) is 0 Å². The Balaban J connectivity index is 1.79. The van der Waals surface area contributed by atoms with E-state index in [2.05, 4.69) is 0 Å². The van der Waals surface area contributed by atoms with Crippen molar-refractivity contribution in [2.45, 2.75) is 67.3 Å². The summed E-state index contributed by atoms with van der Waals surface area (Å²) in [5, 5.41) is 28.2. The maximum absolute atomic E-state index is 11.5. The number of fused-ring (bicyclic) bond motifs is 2. The lowest BCUT2D eigenvalue weighted by molar-refractivity contribution is -0.308. The van der Waals surface area contributed by atoms with E-state index in [1.807, 2.05) is 0 Å². The van der Waals surface area contributed by atoms with Gasteiger partial charge in [0.25, 0.3) is 0 Å². The quantitative estimate of drug-likeness (QED) is 0.402. The van der Waals surface area contributed by atoms with Crippen LogP contribution in [0.2, 0.25) is 0 Å². The zero-order valence-electron chi connectivity index (χ0n) is 14.2. The Morgan fingerprint density at radius 2 is 1.88 bits per heavy atom. The van der Waals surface area contributed by atoms with Gasteiger partial charge in [-0.15, -0.1) is 0 Å². The van der Waals surface area contributed by atoms with Crippen LogP contribution in [0.15, 0.2) is 0 Å². The SMILES string of the molecule is CO[C@@H]1C(O)[C@H](O[C@H]2C3CO[C@H]2C(O)[C@H](C)O3)OC(CO)[C@@H]1S(=O)(=O)[O-]. The van der Waals surface area contributed by atoms with Crippen LogP contribution in [0.5, 0.6) is 0 Å². The third-order valence-corrected chi connectivity index (χ3v) is 6.28. The van der Waals surface area contributed by atoms with Crippen molar-refractivity contribution in [3.8, 4) is 0 Å². The van der Waals surface area contributed by atoms with Gasteiger partial charge in [-0.05, 0) is 6.92 Å². The molecular formula is C14H23O11S-. The van der Waals surface area contributed by atoms with E-state index in [1.165, 1.54) is 0 Å². The molecule has 3 heterocycles. The Morgan fingerprint density at radius 1 is 1.19 bits per heavy atom. The third-order valence-electron chi connectivity index (χ3n) is 5.04. The lowest BCUT2D eigenvalue weighted by Crippen LogP contribution is -2.64. The summed E-state index contributed by atoms with van der Waals surface area (Å²) in [4.78, 5) is 0. The maximum Gasteiger partial charge on any atom is 0.187 e. The molecule has 0 aromatic carbocycles. The van der Waals surface area contributed by atoms with Crippen LogP contribution >= 0.6 is 0 Å². The van der Waals surface area contributed by atoms with Crippen molar-refractivity contribution in [1.82, 2.24) is 0 Å². The summed E-state index contributed by atoms with van der Waals surface area (Å²) in [6.07, 6.45) is -9.35. The van der Waals surface area contributed by atoms with Gasteiger partial charge in [0, 0.05) is 7.11 Å². The average Bonchev–Trinajstić information content (AvgIpc) is 2.89. The van der Waals surface area contributed by atoms with Gasteiger partial charge >= 0.3 is 0 Å². The van der Waals surface area contributed by atoms with Gasteiger partial charge in [-0.2, -0.15) is 0 Å². The van der Waals surface area contributed by atoms with Crippen molar-refractivity contribution < 1.29 is 52.0 Å². The zero-order chi connectivity index (χ0) is 19.2. The van der Waals surface area contributed by atoms with Crippen molar-refractivity contribution in [2.24, 2.45) is 0 Å². The largest absolute Gasteiger partial charge is 0.748 e. The second-order valence-corrected chi connectivity index (χ2v) is 8.17. The van der Waals surface area contributed by atoms with Crippen LogP contribution < -0.4 is 0 Å². The van der Waals surface area contributed by atoms with E-state index in [0.29, 0.717) is 0 Å². The molecule has 3 aliphatic rings. The molecule has 0 aromatic rings. The van der Waals surface area contributed by atoms with E-state index in [9.17, 15) is 28.3 Å². The fourth-order valence-electron chi connectivity index (χ4n) is 3.73. The van der Waals surface area contributed by atoms with E-state index >= 15 is 0 Å². The first-order valence-electron chi connectivity index (χ1n) is 8.21. The van der Waals surface area contributed by atoms with Crippen LogP contribution in [0.1, 0.15) is 6.92 Å². The Labute approximate surface area is 150 Å². The van der Waals surface area contributed by atoms with E-state index in [-0.39, 0.29) is 6.61 Å². The predicted octanol–water partition coefficient (Wildman–Crippen LogP) is -3.07. The van der Waals surface area contributed by atoms with Gasteiger partial charge in [0.2, 0.25) is 0 Å². The molecule has 0 spiro atoms. The smallest absolute Gasteiger partial charge is 0.187 e. The molecule has 0 radical (unpaired) electrons. The van der Waals surface area contributed by atoms with Gasteiger partial charge in [-0.3, -0.25) is 0 Å². The number of aliphatic hydroxyl groups excluding tert-OH is 3. The molecule has 10 atom stereocenters. The highest BCUT2D eigenvalue weighted by Crippen LogP contribution is 2.35. The minimum absolute atomic E-state index is 0.175. The van der Waals surface area contributed by atoms with Gasteiger partial charge in [0.15, 0.2) is 6.29 Å². The highest BCUT2D eigenvalue weighted by molar-refractivity contribution is 7.86. The first-order valence-corrected chi connectivity index (χ1v) is 9.68. The molecule has 3 fully saturated rings. The molecule has 0 aromatic heterocycles. The van der Waals surface area contributed by atoms with E-state index in [0.717, 1.165) is 7.11 Å². The fourth-order valence-corrected chi connectivity index (χ4v) is 4.86. The van der Waals surface area contributed by atoms with E-state index in [1.54, 1.807) is 6.92 Å². The predicted molar refractivity (Wildman–Crippen MR) is 81.0 cm³/mol. The first kappa shape index (κ1) is 20.3. The summed E-state index contributed by atoms with van der Waals surface area (Å²) in [7, 11) is -3.80. The Kier molecular flexibility index (Phi) is 5.90. The minimum Gasteiger partial charge on any atom is -0.748 e. The minimum atomic E-state index is -4.93. The molecule has 26 heavy (non-hydrogen) atoms. The Bertz CT molecular complexity index is 598. The van der Waals surface area contributed by atoms with Gasteiger partial charge in [0.1, 0.15) is 58.1 Å². The first-order chi connectivity index (χ1) is 12.2. The van der Waals surface area contributed by atoms with E-state index < -0.39 is 77.1 Å². The van der Waals surface area contributed by atoms with Crippen molar-refractivity contribution in [2.75, 3.05) is 20.3 Å². The molecule has 12 heteroatoms. The van der Waals surface area contributed by atoms with Crippen LogP contribution in [-0.2, 0) is 33.8 Å². The summed E-state index contributed by atoms with van der Waals surface area (Å²) in [6, 6.07) is 0. The van der Waals surface area contributed by atoms with Gasteiger partial charge in [-0.25, -0.2) is 8.42 Å². The van der Waals surface area contributed by atoms with Crippen molar-refractivity contribution >= 4 is 10.1 Å². The highest BCUT2D eigenvalue weighted by atomic mass is 32.2. The standard InChI is InChI=1S/C14H24O11S/c1-5-8(16)11-10(7(23-5)4-22-11)25-14-9(17)12(21-2)13(26(18,19)20)6(3-15)24-14/h5-17H,3-4H2,1-2H3,(H,18,19,20)/p-1/t5-,6?,7?,8?,9?,10-,11-,12+,13-,14-/m0/s1. The third kappa shape index (κ3) is 3.51. The number of hydrogen-bond acceptors (Lipinski definition) is 11. The molecule has 0 aliphatic carbocycles. The number of aliphatic hydroxyl groups is 3. The summed E-state index contributed by atoms with van der Waals surface area (Å²) in [5.41, 5.74) is 0. The monoisotopic (exact) mass is 399 g/mol. The molecule has 3 aliphatic heterocycles. The molecule has 4 unspecified atom stereocenters. The summed E-state index contributed by atoms with van der Waals surface area (Å²) >= 11 is 0. The molecule has 3 N–H and O–H groups in total. The highest BCUT2D eigenvalue weighted by Gasteiger charge is 2.55. The molecule has 11 nitrogen and oxygen atoms in total. The number of ether oxygens (including phenoxy) is 5. The lowest BCUT2D eigenvalue weighted by Gasteiger charge is -2.46. The summed E-state index contributed by atoms with van der Waals surface area (Å²) < 4.78 is 61.6. The molecule has 3 rings (SSSR count). The van der Waals surface area contributed by atoms with Crippen molar-refractivity contribution in [1.29, 1.82) is 0 Å². The molecular weight excluding hydrogens is 376 g/mol. The van der Waals surface area contributed by atoms with Crippen LogP contribution in [0.25, 0.3) is 0 Å². The number of rotatable bonds is 5. The number of methoxy groups -OCH3 is 1. The van der Waals surface area contributed by atoms with Gasteiger partial charge in [-0.1, -0.05) is 0 Å². The normalized spacial score (nSPS) is 49.3. The summed E-state index contributed by atoms with van der Waals surface area (Å²) in [5.74, 6) is 0. The van der Waals surface area contributed by atoms with Crippen LogP contribution in [0.3, 0.4) is 0 Å². The van der Waals surface area contributed by atoms with Crippen LogP contribution in [0.4, 0.5) is 0 Å². The molecule has 3 saturated heterocycles. The van der Waals surface area contributed by atoms with Crippen molar-refractivity contribution in [3.05, 3.63) is 0 Å². The van der Waals surface area contributed by atoms with Crippen LogP contribution in [-0.4, -0.2) is 109 Å². The Morgan fingerprint density at radius 3 is 2.46 bits per heavy atom. The van der Waals surface area contributed by atoms with E-state index in [4.69, 9.17) is 23.7 Å². The van der Waals surface area contributed by atoms with Gasteiger partial charge in [0.05, 0.1) is 19.3 Å². The molecule has 0 saturated carbocycles. The fraction of sp³-hybridized carbons (Fsp3) is 1.00.